The molecule has 0 unspecified atom stereocenters. The Morgan fingerprint density at radius 2 is 2.00 bits per heavy atom. The molecule has 1 amide bonds. The maximum Gasteiger partial charge on any atom is 0.266 e. The van der Waals surface area contributed by atoms with Crippen LogP contribution in [0, 0.1) is 0 Å². The van der Waals surface area contributed by atoms with Gasteiger partial charge in [0.15, 0.2) is 0 Å². The number of nitrogens with zero attached hydrogens (tertiary/aromatic N) is 1. The zero-order chi connectivity index (χ0) is 18.5. The summed E-state index contributed by atoms with van der Waals surface area (Å²) in [5.41, 5.74) is 1.80. The van der Waals surface area contributed by atoms with Crippen LogP contribution >= 0.6 is 35.6 Å². The molecule has 6 heteroatoms. The molecular formula is C20H16ClNO2S2. The first kappa shape index (κ1) is 18.7. The Kier molecular flexibility index (Phi) is 6.14. The second-order valence-electron chi connectivity index (χ2n) is 5.54. The van der Waals surface area contributed by atoms with E-state index >= 15 is 0 Å². The Labute approximate surface area is 167 Å². The van der Waals surface area contributed by atoms with Gasteiger partial charge in [0.05, 0.1) is 4.91 Å². The number of rotatable bonds is 6. The maximum atomic E-state index is 12.5. The summed E-state index contributed by atoms with van der Waals surface area (Å²) in [4.78, 5) is 14.6. The quantitative estimate of drug-likeness (QED) is 0.373. The summed E-state index contributed by atoms with van der Waals surface area (Å²) in [5.74, 6) is 0.529. The minimum absolute atomic E-state index is 0.131. The molecule has 0 bridgehead atoms. The molecule has 1 saturated heterocycles. The molecule has 1 heterocycles. The Bertz CT molecular complexity index is 881. The van der Waals surface area contributed by atoms with Crippen LogP contribution in [0.25, 0.3) is 6.08 Å². The van der Waals surface area contributed by atoms with E-state index in [1.54, 1.807) is 24.3 Å². The fourth-order valence-corrected chi connectivity index (χ4v) is 3.87. The van der Waals surface area contributed by atoms with Gasteiger partial charge in [-0.2, -0.15) is 0 Å². The lowest BCUT2D eigenvalue weighted by atomic mass is 10.1. The minimum atomic E-state index is -0.131. The molecule has 1 fully saturated rings. The van der Waals surface area contributed by atoms with Crippen molar-refractivity contribution in [1.29, 1.82) is 0 Å². The van der Waals surface area contributed by atoms with Crippen LogP contribution in [0.3, 0.4) is 0 Å². The van der Waals surface area contributed by atoms with Crippen molar-refractivity contribution in [3.8, 4) is 5.75 Å². The summed E-state index contributed by atoms with van der Waals surface area (Å²) >= 11 is 12.7. The van der Waals surface area contributed by atoms with Gasteiger partial charge < -0.3 is 4.74 Å². The summed E-state index contributed by atoms with van der Waals surface area (Å²) in [6.07, 6.45) is 3.43. The van der Waals surface area contributed by atoms with Crippen LogP contribution in [0.4, 0.5) is 0 Å². The van der Waals surface area contributed by atoms with E-state index in [0.29, 0.717) is 33.1 Å². The number of amides is 1. The van der Waals surface area contributed by atoms with Gasteiger partial charge in [0.2, 0.25) is 0 Å². The predicted molar refractivity (Wildman–Crippen MR) is 112 cm³/mol. The third kappa shape index (κ3) is 4.36. The minimum Gasteiger partial charge on any atom is -0.488 e. The number of thiocarbonyl (C=S) groups is 1. The van der Waals surface area contributed by atoms with Crippen molar-refractivity contribution < 1.29 is 9.53 Å². The van der Waals surface area contributed by atoms with Gasteiger partial charge in [0.25, 0.3) is 5.91 Å². The SMILES string of the molecule is C=CCN1C(=O)/C(=C\c2cc(Cl)ccc2OCc2ccccc2)SC1=S. The van der Waals surface area contributed by atoms with E-state index in [9.17, 15) is 4.79 Å². The molecule has 2 aromatic rings. The molecule has 0 aliphatic carbocycles. The molecule has 1 aliphatic rings. The molecule has 1 aliphatic heterocycles. The van der Waals surface area contributed by atoms with Crippen LogP contribution in [-0.4, -0.2) is 21.7 Å². The highest BCUT2D eigenvalue weighted by Crippen LogP contribution is 2.35. The van der Waals surface area contributed by atoms with E-state index in [1.807, 2.05) is 36.4 Å². The van der Waals surface area contributed by atoms with Crippen molar-refractivity contribution >= 4 is 51.9 Å². The lowest BCUT2D eigenvalue weighted by molar-refractivity contribution is -0.121. The van der Waals surface area contributed by atoms with E-state index in [-0.39, 0.29) is 5.91 Å². The van der Waals surface area contributed by atoms with Crippen molar-refractivity contribution in [2.45, 2.75) is 6.61 Å². The van der Waals surface area contributed by atoms with Crippen molar-refractivity contribution in [3.63, 3.8) is 0 Å². The second kappa shape index (κ2) is 8.54. The van der Waals surface area contributed by atoms with Gasteiger partial charge in [-0.25, -0.2) is 0 Å². The fraction of sp³-hybridized carbons (Fsp3) is 0.100. The van der Waals surface area contributed by atoms with E-state index in [4.69, 9.17) is 28.6 Å². The first-order valence-electron chi connectivity index (χ1n) is 7.91. The second-order valence-corrected chi connectivity index (χ2v) is 7.65. The highest BCUT2D eigenvalue weighted by molar-refractivity contribution is 8.26. The normalized spacial score (nSPS) is 15.6. The lowest BCUT2D eigenvalue weighted by Crippen LogP contribution is -2.27. The molecule has 0 spiro atoms. The molecule has 0 radical (unpaired) electrons. The molecule has 26 heavy (non-hydrogen) atoms. The third-order valence-electron chi connectivity index (χ3n) is 3.68. The topological polar surface area (TPSA) is 29.5 Å². The highest BCUT2D eigenvalue weighted by atomic mass is 35.5. The average molecular weight is 402 g/mol. The number of ether oxygens (including phenoxy) is 1. The molecule has 0 atom stereocenters. The summed E-state index contributed by atoms with van der Waals surface area (Å²) in [5, 5.41) is 0.574. The summed E-state index contributed by atoms with van der Waals surface area (Å²) in [6, 6.07) is 15.2. The molecule has 3 nitrogen and oxygen atoms in total. The lowest BCUT2D eigenvalue weighted by Gasteiger charge is -2.11. The Balaban J connectivity index is 1.85. The number of benzene rings is 2. The Morgan fingerprint density at radius 1 is 1.23 bits per heavy atom. The third-order valence-corrected chi connectivity index (χ3v) is 5.29. The van der Waals surface area contributed by atoms with Gasteiger partial charge in [-0.15, -0.1) is 6.58 Å². The molecular weight excluding hydrogens is 386 g/mol. The predicted octanol–water partition coefficient (Wildman–Crippen LogP) is 5.31. The fourth-order valence-electron chi connectivity index (χ4n) is 2.43. The highest BCUT2D eigenvalue weighted by Gasteiger charge is 2.31. The Hall–Kier alpha value is -2.08. The van der Waals surface area contributed by atoms with Crippen LogP contribution < -0.4 is 4.74 Å². The molecule has 0 aromatic heterocycles. The smallest absolute Gasteiger partial charge is 0.266 e. The maximum absolute atomic E-state index is 12.5. The monoisotopic (exact) mass is 401 g/mol. The van der Waals surface area contributed by atoms with Gasteiger partial charge >= 0.3 is 0 Å². The molecule has 132 valence electrons. The standard InChI is InChI=1S/C20H16ClNO2S2/c1-2-10-22-19(23)18(26-20(22)25)12-15-11-16(21)8-9-17(15)24-13-14-6-4-3-5-7-14/h2-9,11-12H,1,10,13H2/b18-12+. The summed E-state index contributed by atoms with van der Waals surface area (Å²) < 4.78 is 6.46. The van der Waals surface area contributed by atoms with Gasteiger partial charge in [-0.05, 0) is 29.8 Å². The number of hydrogen-bond acceptors (Lipinski definition) is 4. The largest absolute Gasteiger partial charge is 0.488 e. The molecule has 0 saturated carbocycles. The zero-order valence-electron chi connectivity index (χ0n) is 13.9. The number of carbonyl (C=O) groups excluding carboxylic acids is 1. The number of carbonyl (C=O) groups is 1. The van der Waals surface area contributed by atoms with Gasteiger partial charge in [-0.1, -0.05) is 72.0 Å². The first-order chi connectivity index (χ1) is 12.6. The van der Waals surface area contributed by atoms with Crippen LogP contribution in [-0.2, 0) is 11.4 Å². The van der Waals surface area contributed by atoms with E-state index in [1.165, 1.54) is 16.7 Å². The molecule has 2 aromatic carbocycles. The van der Waals surface area contributed by atoms with E-state index in [2.05, 4.69) is 6.58 Å². The molecule has 3 rings (SSSR count). The molecule has 0 N–H and O–H groups in total. The van der Waals surface area contributed by atoms with Crippen molar-refractivity contribution in [2.24, 2.45) is 0 Å². The average Bonchev–Trinajstić information content (AvgIpc) is 2.90. The number of halogens is 1. The summed E-state index contributed by atoms with van der Waals surface area (Å²) in [6.45, 7) is 4.49. The van der Waals surface area contributed by atoms with Crippen molar-refractivity contribution in [3.05, 3.63) is 82.2 Å². The van der Waals surface area contributed by atoms with E-state index < -0.39 is 0 Å². The van der Waals surface area contributed by atoms with Crippen molar-refractivity contribution in [2.75, 3.05) is 6.54 Å². The first-order valence-corrected chi connectivity index (χ1v) is 9.51. The Morgan fingerprint density at radius 3 is 2.73 bits per heavy atom. The van der Waals surface area contributed by atoms with Gasteiger partial charge in [0, 0.05) is 17.1 Å². The number of hydrogen-bond donors (Lipinski definition) is 0. The van der Waals surface area contributed by atoms with Crippen LogP contribution in [0.2, 0.25) is 5.02 Å². The van der Waals surface area contributed by atoms with Crippen LogP contribution in [0.15, 0.2) is 66.1 Å². The zero-order valence-corrected chi connectivity index (χ0v) is 16.2. The van der Waals surface area contributed by atoms with Crippen LogP contribution in [0.1, 0.15) is 11.1 Å². The van der Waals surface area contributed by atoms with E-state index in [0.717, 1.165) is 11.1 Å². The van der Waals surface area contributed by atoms with Gasteiger partial charge in [-0.3, -0.25) is 9.69 Å². The van der Waals surface area contributed by atoms with Crippen LogP contribution in [0.5, 0.6) is 5.75 Å². The van der Waals surface area contributed by atoms with Crippen molar-refractivity contribution in [1.82, 2.24) is 4.90 Å². The van der Waals surface area contributed by atoms with Gasteiger partial charge in [0.1, 0.15) is 16.7 Å². The summed E-state index contributed by atoms with van der Waals surface area (Å²) in [7, 11) is 0. The number of thioether (sulfide) groups is 1.